The van der Waals surface area contributed by atoms with Crippen molar-refractivity contribution < 1.29 is 8.42 Å². The molecule has 20 heavy (non-hydrogen) atoms. The van der Waals surface area contributed by atoms with Gasteiger partial charge in [0, 0.05) is 12.2 Å². The Bertz CT molecular complexity index is 713. The van der Waals surface area contributed by atoms with Gasteiger partial charge < -0.3 is 10.3 Å². The molecule has 0 fully saturated rings. The van der Waals surface area contributed by atoms with Crippen molar-refractivity contribution in [3.63, 3.8) is 0 Å². The van der Waals surface area contributed by atoms with Crippen LogP contribution < -0.4 is 10.5 Å². The number of aryl methyl sites for hydroxylation is 1. The van der Waals surface area contributed by atoms with Gasteiger partial charge in [-0.2, -0.15) is 0 Å². The molecule has 9 heteroatoms. The van der Waals surface area contributed by atoms with Crippen molar-refractivity contribution in [1.29, 1.82) is 0 Å². The third kappa shape index (κ3) is 3.09. The molecule has 0 atom stereocenters. The largest absolute Gasteiger partial charge is 0.399 e. The van der Waals surface area contributed by atoms with E-state index < -0.39 is 10.0 Å². The SMILES string of the molecule is CCn1cnnc1CNS(=O)(=O)c1ccc(N)cc1Cl. The molecule has 0 bridgehead atoms. The van der Waals surface area contributed by atoms with E-state index in [0.717, 1.165) is 0 Å². The Morgan fingerprint density at radius 1 is 1.45 bits per heavy atom. The Hall–Kier alpha value is -1.64. The fourth-order valence-electron chi connectivity index (χ4n) is 1.65. The summed E-state index contributed by atoms with van der Waals surface area (Å²) in [6, 6.07) is 4.24. The molecule has 2 aromatic rings. The predicted molar refractivity (Wildman–Crippen MR) is 75.6 cm³/mol. The van der Waals surface area contributed by atoms with E-state index >= 15 is 0 Å². The lowest BCUT2D eigenvalue weighted by atomic mass is 10.3. The number of rotatable bonds is 5. The molecule has 0 amide bonds. The van der Waals surface area contributed by atoms with Gasteiger partial charge in [-0.3, -0.25) is 0 Å². The van der Waals surface area contributed by atoms with Crippen molar-refractivity contribution in [2.24, 2.45) is 0 Å². The smallest absolute Gasteiger partial charge is 0.242 e. The molecule has 0 aliphatic rings. The lowest BCUT2D eigenvalue weighted by Crippen LogP contribution is -2.25. The van der Waals surface area contributed by atoms with Crippen molar-refractivity contribution in [3.05, 3.63) is 35.4 Å². The molecule has 0 unspecified atom stereocenters. The van der Waals surface area contributed by atoms with E-state index in [9.17, 15) is 8.42 Å². The highest BCUT2D eigenvalue weighted by atomic mass is 35.5. The zero-order valence-corrected chi connectivity index (χ0v) is 12.3. The quantitative estimate of drug-likeness (QED) is 0.802. The fraction of sp³-hybridized carbons (Fsp3) is 0.273. The predicted octanol–water partition coefficient (Wildman–Crippen LogP) is 1.01. The first-order valence-electron chi connectivity index (χ1n) is 5.85. The number of hydrogen-bond donors (Lipinski definition) is 2. The summed E-state index contributed by atoms with van der Waals surface area (Å²) in [6.07, 6.45) is 1.54. The number of nitrogens with two attached hydrogens (primary N) is 1. The Morgan fingerprint density at radius 3 is 2.85 bits per heavy atom. The molecule has 7 nitrogen and oxygen atoms in total. The minimum Gasteiger partial charge on any atom is -0.399 e. The number of nitrogens with zero attached hydrogens (tertiary/aromatic N) is 3. The van der Waals surface area contributed by atoms with Crippen molar-refractivity contribution in [2.45, 2.75) is 24.9 Å². The van der Waals surface area contributed by atoms with Gasteiger partial charge in [0.05, 0.1) is 11.6 Å². The molecule has 2 rings (SSSR count). The van der Waals surface area contributed by atoms with Crippen LogP contribution in [0.1, 0.15) is 12.7 Å². The average Bonchev–Trinajstić information content (AvgIpc) is 2.83. The molecule has 0 aliphatic heterocycles. The first-order valence-corrected chi connectivity index (χ1v) is 7.71. The van der Waals surface area contributed by atoms with Crippen LogP contribution in [-0.4, -0.2) is 23.2 Å². The van der Waals surface area contributed by atoms with E-state index in [-0.39, 0.29) is 16.5 Å². The topological polar surface area (TPSA) is 103 Å². The molecule has 0 radical (unpaired) electrons. The lowest BCUT2D eigenvalue weighted by Gasteiger charge is -2.09. The minimum atomic E-state index is -3.73. The van der Waals surface area contributed by atoms with Crippen LogP contribution in [-0.2, 0) is 23.1 Å². The Kier molecular flexibility index (Phi) is 4.26. The maximum Gasteiger partial charge on any atom is 0.242 e. The number of hydrogen-bond acceptors (Lipinski definition) is 5. The first kappa shape index (κ1) is 14.8. The van der Waals surface area contributed by atoms with E-state index in [1.165, 1.54) is 18.2 Å². The Balaban J connectivity index is 2.19. The third-order valence-corrected chi connectivity index (χ3v) is 4.59. The zero-order chi connectivity index (χ0) is 14.8. The van der Waals surface area contributed by atoms with Crippen LogP contribution in [0.4, 0.5) is 5.69 Å². The van der Waals surface area contributed by atoms with Crippen LogP contribution in [0.25, 0.3) is 0 Å². The summed E-state index contributed by atoms with van der Waals surface area (Å²) < 4.78 is 28.5. The van der Waals surface area contributed by atoms with E-state index in [2.05, 4.69) is 14.9 Å². The molecule has 0 spiro atoms. The van der Waals surface area contributed by atoms with Crippen LogP contribution in [0.5, 0.6) is 0 Å². The van der Waals surface area contributed by atoms with Gasteiger partial charge in [0.2, 0.25) is 10.0 Å². The molecular formula is C11H14ClN5O2S. The average molecular weight is 316 g/mol. The van der Waals surface area contributed by atoms with Crippen LogP contribution in [0, 0.1) is 0 Å². The Labute approximate surface area is 121 Å². The molecule has 1 heterocycles. The molecule has 108 valence electrons. The number of halogens is 1. The minimum absolute atomic E-state index is 0.0177. The van der Waals surface area contributed by atoms with Gasteiger partial charge in [-0.25, -0.2) is 13.1 Å². The molecule has 3 N–H and O–H groups in total. The first-order chi connectivity index (χ1) is 9.44. The monoisotopic (exact) mass is 315 g/mol. The van der Waals surface area contributed by atoms with Gasteiger partial charge in [-0.05, 0) is 25.1 Å². The van der Waals surface area contributed by atoms with E-state index in [1.807, 2.05) is 6.92 Å². The van der Waals surface area contributed by atoms with Crippen molar-refractivity contribution in [2.75, 3.05) is 5.73 Å². The van der Waals surface area contributed by atoms with Crippen LogP contribution >= 0.6 is 11.6 Å². The van der Waals surface area contributed by atoms with E-state index in [1.54, 1.807) is 10.9 Å². The summed E-state index contributed by atoms with van der Waals surface area (Å²) in [5, 5.41) is 7.66. The number of sulfonamides is 1. The van der Waals surface area contributed by atoms with Gasteiger partial charge in [0.25, 0.3) is 0 Å². The fourth-order valence-corrected chi connectivity index (χ4v) is 3.18. The second kappa shape index (κ2) is 5.78. The van der Waals surface area contributed by atoms with Gasteiger partial charge in [-0.1, -0.05) is 11.6 Å². The molecule has 1 aromatic heterocycles. The standard InChI is InChI=1S/C11H14ClN5O2S/c1-2-17-7-14-16-11(17)6-15-20(18,19)10-4-3-8(13)5-9(10)12/h3-5,7,15H,2,6,13H2,1H3. The number of nitrogen functional groups attached to an aromatic ring is 1. The van der Waals surface area contributed by atoms with Crippen LogP contribution in [0.3, 0.4) is 0 Å². The van der Waals surface area contributed by atoms with Gasteiger partial charge in [-0.15, -0.1) is 10.2 Å². The van der Waals surface area contributed by atoms with Crippen molar-refractivity contribution >= 4 is 27.3 Å². The second-order valence-corrected chi connectivity index (χ2v) is 6.19. The molecule has 0 aliphatic carbocycles. The number of nitrogens with one attached hydrogen (secondary N) is 1. The highest BCUT2D eigenvalue weighted by Gasteiger charge is 2.18. The van der Waals surface area contributed by atoms with Crippen molar-refractivity contribution in [3.8, 4) is 0 Å². The van der Waals surface area contributed by atoms with Gasteiger partial charge in [0.1, 0.15) is 17.0 Å². The van der Waals surface area contributed by atoms with Crippen LogP contribution in [0.15, 0.2) is 29.4 Å². The number of anilines is 1. The maximum absolute atomic E-state index is 12.2. The molecule has 0 saturated heterocycles. The summed E-state index contributed by atoms with van der Waals surface area (Å²) in [5.74, 6) is 0.530. The Morgan fingerprint density at radius 2 is 2.20 bits per heavy atom. The van der Waals surface area contributed by atoms with E-state index in [0.29, 0.717) is 18.1 Å². The summed E-state index contributed by atoms with van der Waals surface area (Å²) in [6.45, 7) is 2.61. The lowest BCUT2D eigenvalue weighted by molar-refractivity contribution is 0.575. The number of aromatic nitrogens is 3. The highest BCUT2D eigenvalue weighted by molar-refractivity contribution is 7.89. The molecule has 0 saturated carbocycles. The second-order valence-electron chi connectivity index (χ2n) is 4.05. The van der Waals surface area contributed by atoms with Crippen LogP contribution in [0.2, 0.25) is 5.02 Å². The van der Waals surface area contributed by atoms with Crippen molar-refractivity contribution in [1.82, 2.24) is 19.5 Å². The summed E-state index contributed by atoms with van der Waals surface area (Å²) >= 11 is 5.90. The maximum atomic E-state index is 12.2. The summed E-state index contributed by atoms with van der Waals surface area (Å²) in [7, 11) is -3.73. The van der Waals surface area contributed by atoms with Gasteiger partial charge >= 0.3 is 0 Å². The molecular weight excluding hydrogens is 302 g/mol. The highest BCUT2D eigenvalue weighted by Crippen LogP contribution is 2.23. The molecule has 1 aromatic carbocycles. The van der Waals surface area contributed by atoms with E-state index in [4.69, 9.17) is 17.3 Å². The summed E-state index contributed by atoms with van der Waals surface area (Å²) in [4.78, 5) is -0.0177. The third-order valence-electron chi connectivity index (χ3n) is 2.70. The number of benzene rings is 1. The zero-order valence-electron chi connectivity index (χ0n) is 10.7. The summed E-state index contributed by atoms with van der Waals surface area (Å²) in [5.41, 5.74) is 5.94. The normalized spacial score (nSPS) is 11.7. The van der Waals surface area contributed by atoms with Gasteiger partial charge in [0.15, 0.2) is 0 Å².